The first kappa shape index (κ1) is 16.8. The fraction of sp³-hybridized carbons (Fsp3) is 0.211. The minimum Gasteiger partial charge on any atom is -0.325 e. The molecule has 2 aromatic carbocycles. The molecule has 0 unspecified atom stereocenters. The first-order valence-electron chi connectivity index (χ1n) is 7.93. The standard InChI is InChI=1S/C19H17FN2O3/c1-11(2)12-6-8-13(9-7-12)21-16(23)10-22-18(24)14-4-3-5-15(20)17(14)19(22)25/h3-9,11H,10H2,1-2H3,(H,21,23). The van der Waals surface area contributed by atoms with Crippen LogP contribution in [0.1, 0.15) is 46.0 Å². The molecule has 3 amide bonds. The molecule has 128 valence electrons. The van der Waals surface area contributed by atoms with E-state index in [1.165, 1.54) is 12.1 Å². The molecule has 0 saturated carbocycles. The third-order valence-electron chi connectivity index (χ3n) is 4.11. The van der Waals surface area contributed by atoms with Crippen molar-refractivity contribution in [2.45, 2.75) is 19.8 Å². The van der Waals surface area contributed by atoms with Crippen molar-refractivity contribution in [1.29, 1.82) is 0 Å². The van der Waals surface area contributed by atoms with Crippen molar-refractivity contribution in [1.82, 2.24) is 4.90 Å². The number of imide groups is 1. The Bertz CT molecular complexity index is 859. The highest BCUT2D eigenvalue weighted by atomic mass is 19.1. The maximum Gasteiger partial charge on any atom is 0.265 e. The summed E-state index contributed by atoms with van der Waals surface area (Å²) in [4.78, 5) is 37.4. The van der Waals surface area contributed by atoms with Crippen molar-refractivity contribution >= 4 is 23.4 Å². The van der Waals surface area contributed by atoms with E-state index in [9.17, 15) is 18.8 Å². The average molecular weight is 340 g/mol. The number of halogens is 1. The van der Waals surface area contributed by atoms with Crippen LogP contribution in [0.15, 0.2) is 42.5 Å². The molecule has 0 atom stereocenters. The molecule has 5 nitrogen and oxygen atoms in total. The number of carbonyl (C=O) groups excluding carboxylic acids is 3. The Morgan fingerprint density at radius 1 is 1.08 bits per heavy atom. The molecule has 0 aliphatic carbocycles. The summed E-state index contributed by atoms with van der Waals surface area (Å²) in [5.41, 5.74) is 1.41. The fourth-order valence-corrected chi connectivity index (χ4v) is 2.73. The molecule has 3 rings (SSSR count). The van der Waals surface area contributed by atoms with Gasteiger partial charge in [-0.25, -0.2) is 4.39 Å². The van der Waals surface area contributed by atoms with Crippen LogP contribution in [0.4, 0.5) is 10.1 Å². The van der Waals surface area contributed by atoms with Crippen LogP contribution in [-0.2, 0) is 4.79 Å². The van der Waals surface area contributed by atoms with Gasteiger partial charge in [-0.05, 0) is 35.7 Å². The van der Waals surface area contributed by atoms with E-state index in [1.807, 2.05) is 12.1 Å². The lowest BCUT2D eigenvalue weighted by atomic mass is 10.0. The lowest BCUT2D eigenvalue weighted by Crippen LogP contribution is -2.37. The molecule has 1 heterocycles. The van der Waals surface area contributed by atoms with Gasteiger partial charge in [0.05, 0.1) is 11.1 Å². The molecule has 2 aromatic rings. The molecular formula is C19H17FN2O3. The van der Waals surface area contributed by atoms with Crippen LogP contribution in [0, 0.1) is 5.82 Å². The Hall–Kier alpha value is -3.02. The van der Waals surface area contributed by atoms with Gasteiger partial charge in [-0.3, -0.25) is 19.3 Å². The van der Waals surface area contributed by atoms with Gasteiger partial charge in [-0.2, -0.15) is 0 Å². The molecule has 1 N–H and O–H groups in total. The Morgan fingerprint density at radius 3 is 2.36 bits per heavy atom. The van der Waals surface area contributed by atoms with Gasteiger partial charge in [0.2, 0.25) is 5.91 Å². The maximum absolute atomic E-state index is 13.8. The van der Waals surface area contributed by atoms with Gasteiger partial charge in [0.25, 0.3) is 11.8 Å². The smallest absolute Gasteiger partial charge is 0.265 e. The molecular weight excluding hydrogens is 323 g/mol. The molecule has 0 saturated heterocycles. The van der Waals surface area contributed by atoms with E-state index in [2.05, 4.69) is 19.2 Å². The first-order valence-corrected chi connectivity index (χ1v) is 7.93. The van der Waals surface area contributed by atoms with E-state index in [-0.39, 0.29) is 11.1 Å². The number of anilines is 1. The van der Waals surface area contributed by atoms with E-state index >= 15 is 0 Å². The number of carbonyl (C=O) groups is 3. The number of fused-ring (bicyclic) bond motifs is 1. The van der Waals surface area contributed by atoms with Crippen LogP contribution in [0.5, 0.6) is 0 Å². The van der Waals surface area contributed by atoms with Crippen LogP contribution in [0.2, 0.25) is 0 Å². The van der Waals surface area contributed by atoms with Crippen LogP contribution >= 0.6 is 0 Å². The summed E-state index contributed by atoms with van der Waals surface area (Å²) < 4.78 is 13.8. The van der Waals surface area contributed by atoms with Crippen molar-refractivity contribution in [3.63, 3.8) is 0 Å². The number of nitrogens with one attached hydrogen (secondary N) is 1. The predicted molar refractivity (Wildman–Crippen MR) is 90.9 cm³/mol. The van der Waals surface area contributed by atoms with Gasteiger partial charge in [0.1, 0.15) is 12.4 Å². The van der Waals surface area contributed by atoms with Gasteiger partial charge >= 0.3 is 0 Å². The summed E-state index contributed by atoms with van der Waals surface area (Å²) >= 11 is 0. The van der Waals surface area contributed by atoms with Gasteiger partial charge in [0, 0.05) is 5.69 Å². The molecule has 0 radical (unpaired) electrons. The predicted octanol–water partition coefficient (Wildman–Crippen LogP) is 3.18. The number of rotatable bonds is 4. The van der Waals surface area contributed by atoms with Crippen molar-refractivity contribution < 1.29 is 18.8 Å². The van der Waals surface area contributed by atoms with Crippen molar-refractivity contribution in [3.05, 3.63) is 65.0 Å². The Labute approximate surface area is 144 Å². The van der Waals surface area contributed by atoms with Crippen molar-refractivity contribution in [2.24, 2.45) is 0 Å². The lowest BCUT2D eigenvalue weighted by Gasteiger charge is -2.14. The minimum absolute atomic E-state index is 0.0147. The van der Waals surface area contributed by atoms with E-state index in [1.54, 1.807) is 12.1 Å². The van der Waals surface area contributed by atoms with E-state index < -0.39 is 30.1 Å². The van der Waals surface area contributed by atoms with Crippen molar-refractivity contribution in [3.8, 4) is 0 Å². The minimum atomic E-state index is -0.789. The second kappa shape index (κ2) is 6.47. The summed E-state index contributed by atoms with van der Waals surface area (Å²) in [5.74, 6) is -2.36. The second-order valence-electron chi connectivity index (χ2n) is 6.18. The molecule has 6 heteroatoms. The van der Waals surface area contributed by atoms with Crippen LogP contribution < -0.4 is 5.32 Å². The zero-order chi connectivity index (χ0) is 18.1. The number of hydrogen-bond acceptors (Lipinski definition) is 3. The molecule has 1 aliphatic rings. The normalized spacial score (nSPS) is 13.4. The van der Waals surface area contributed by atoms with Crippen LogP contribution in [0.25, 0.3) is 0 Å². The molecule has 0 aromatic heterocycles. The zero-order valence-corrected chi connectivity index (χ0v) is 13.9. The van der Waals surface area contributed by atoms with E-state index in [4.69, 9.17) is 0 Å². The average Bonchev–Trinajstić information content (AvgIpc) is 2.81. The van der Waals surface area contributed by atoms with Crippen LogP contribution in [-0.4, -0.2) is 29.2 Å². The quantitative estimate of drug-likeness (QED) is 0.869. The summed E-state index contributed by atoms with van der Waals surface area (Å²) in [7, 11) is 0. The third kappa shape index (κ3) is 3.15. The first-order chi connectivity index (χ1) is 11.9. The highest BCUT2D eigenvalue weighted by Crippen LogP contribution is 2.25. The van der Waals surface area contributed by atoms with Crippen molar-refractivity contribution in [2.75, 3.05) is 11.9 Å². The summed E-state index contributed by atoms with van der Waals surface area (Å²) in [6, 6.07) is 11.2. The molecule has 0 fully saturated rings. The molecule has 0 spiro atoms. The van der Waals surface area contributed by atoms with E-state index in [0.717, 1.165) is 16.5 Å². The highest BCUT2D eigenvalue weighted by Gasteiger charge is 2.38. The fourth-order valence-electron chi connectivity index (χ4n) is 2.73. The lowest BCUT2D eigenvalue weighted by molar-refractivity contribution is -0.116. The SMILES string of the molecule is CC(C)c1ccc(NC(=O)CN2C(=O)c3cccc(F)c3C2=O)cc1. The molecule has 1 aliphatic heterocycles. The largest absolute Gasteiger partial charge is 0.325 e. The van der Waals surface area contributed by atoms with Crippen LogP contribution in [0.3, 0.4) is 0 Å². The third-order valence-corrected chi connectivity index (χ3v) is 4.11. The van der Waals surface area contributed by atoms with E-state index in [0.29, 0.717) is 11.6 Å². The van der Waals surface area contributed by atoms with Gasteiger partial charge < -0.3 is 5.32 Å². The number of nitrogens with zero attached hydrogens (tertiary/aromatic N) is 1. The van der Waals surface area contributed by atoms with Gasteiger partial charge in [0.15, 0.2) is 0 Å². The number of hydrogen-bond donors (Lipinski definition) is 1. The Kier molecular flexibility index (Phi) is 4.35. The summed E-state index contributed by atoms with van der Waals surface area (Å²) in [5, 5.41) is 2.64. The maximum atomic E-state index is 13.8. The Balaban J connectivity index is 1.71. The number of benzene rings is 2. The second-order valence-corrected chi connectivity index (χ2v) is 6.18. The number of amides is 3. The van der Waals surface area contributed by atoms with Gasteiger partial charge in [-0.15, -0.1) is 0 Å². The van der Waals surface area contributed by atoms with Gasteiger partial charge in [-0.1, -0.05) is 32.0 Å². The molecule has 25 heavy (non-hydrogen) atoms. The summed E-state index contributed by atoms with van der Waals surface area (Å²) in [6.45, 7) is 3.67. The zero-order valence-electron chi connectivity index (χ0n) is 13.9. The molecule has 0 bridgehead atoms. The summed E-state index contributed by atoms with van der Waals surface area (Å²) in [6.07, 6.45) is 0. The monoisotopic (exact) mass is 340 g/mol. The Morgan fingerprint density at radius 2 is 1.76 bits per heavy atom. The topological polar surface area (TPSA) is 66.5 Å². The highest BCUT2D eigenvalue weighted by molar-refractivity contribution is 6.22.